The molecule has 0 rings (SSSR count). The van der Waals surface area contributed by atoms with Crippen LogP contribution in [0, 0.1) is 5.92 Å². The number of rotatable bonds is 4. The summed E-state index contributed by atoms with van der Waals surface area (Å²) in [6.07, 6.45) is -5.23. The van der Waals surface area contributed by atoms with E-state index in [0.717, 1.165) is 0 Å². The second-order valence-corrected chi connectivity index (χ2v) is 3.90. The summed E-state index contributed by atoms with van der Waals surface area (Å²) < 4.78 is 35.1. The molecule has 0 bridgehead atoms. The number of alkyl halides is 3. The first-order chi connectivity index (χ1) is 6.24. The van der Waals surface area contributed by atoms with E-state index in [1.54, 1.807) is 13.8 Å². The van der Waals surface area contributed by atoms with E-state index in [-0.39, 0.29) is 12.5 Å². The second kappa shape index (κ2) is 5.48. The first-order valence-corrected chi connectivity index (χ1v) is 4.78. The van der Waals surface area contributed by atoms with Gasteiger partial charge in [-0.15, -0.1) is 0 Å². The highest BCUT2D eigenvalue weighted by Gasteiger charge is 2.27. The second-order valence-electron chi connectivity index (χ2n) is 3.35. The van der Waals surface area contributed by atoms with E-state index in [1.807, 2.05) is 0 Å². The monoisotopic (exact) mass is 229 g/mol. The molecule has 0 saturated carbocycles. The highest BCUT2D eigenvalue weighted by atomic mass is 32.1. The molecule has 14 heavy (non-hydrogen) atoms. The Kier molecular flexibility index (Phi) is 5.33. The van der Waals surface area contributed by atoms with E-state index in [0.29, 0.717) is 0 Å². The van der Waals surface area contributed by atoms with Crippen LogP contribution in [0.4, 0.5) is 13.2 Å². The van der Waals surface area contributed by atoms with Gasteiger partial charge in [0.1, 0.15) is 0 Å². The number of amides is 1. The summed E-state index contributed by atoms with van der Waals surface area (Å²) in [7, 11) is 0. The minimum absolute atomic E-state index is 0.00391. The molecule has 0 spiro atoms. The number of hydrogen-bond donors (Lipinski definition) is 2. The van der Waals surface area contributed by atoms with Crippen molar-refractivity contribution < 1.29 is 18.0 Å². The summed E-state index contributed by atoms with van der Waals surface area (Å²) in [6, 6.07) is 0. The molecular formula is C8H14F3NOS. The SMILES string of the molecule is CC(C)C(S)C(=O)NCCC(F)(F)F. The van der Waals surface area contributed by atoms with Gasteiger partial charge in [0, 0.05) is 6.54 Å². The molecule has 1 amide bonds. The fourth-order valence-electron chi connectivity index (χ4n) is 0.735. The van der Waals surface area contributed by atoms with Crippen LogP contribution in [-0.2, 0) is 4.79 Å². The topological polar surface area (TPSA) is 29.1 Å². The molecule has 1 unspecified atom stereocenters. The van der Waals surface area contributed by atoms with Gasteiger partial charge in [-0.1, -0.05) is 13.8 Å². The summed E-state index contributed by atoms with van der Waals surface area (Å²) >= 11 is 3.97. The van der Waals surface area contributed by atoms with Crippen molar-refractivity contribution in [1.29, 1.82) is 0 Å². The third-order valence-corrected chi connectivity index (χ3v) is 2.44. The highest BCUT2D eigenvalue weighted by Crippen LogP contribution is 2.18. The Labute approximate surface area is 86.7 Å². The Hall–Kier alpha value is -0.390. The van der Waals surface area contributed by atoms with Crippen molar-refractivity contribution in [3.05, 3.63) is 0 Å². The van der Waals surface area contributed by atoms with Gasteiger partial charge in [-0.05, 0) is 5.92 Å². The van der Waals surface area contributed by atoms with Crippen molar-refractivity contribution in [3.63, 3.8) is 0 Å². The van der Waals surface area contributed by atoms with Crippen LogP contribution in [0.5, 0.6) is 0 Å². The van der Waals surface area contributed by atoms with Crippen molar-refractivity contribution in [1.82, 2.24) is 5.32 Å². The Bertz CT molecular complexity index is 194. The molecule has 1 N–H and O–H groups in total. The molecule has 0 heterocycles. The molecule has 2 nitrogen and oxygen atoms in total. The van der Waals surface area contributed by atoms with Crippen molar-refractivity contribution in [2.75, 3.05) is 6.54 Å². The zero-order chi connectivity index (χ0) is 11.4. The van der Waals surface area contributed by atoms with Gasteiger partial charge in [0.05, 0.1) is 11.7 Å². The maximum absolute atomic E-state index is 11.7. The summed E-state index contributed by atoms with van der Waals surface area (Å²) in [5.74, 6) is -0.447. The average molecular weight is 229 g/mol. The highest BCUT2D eigenvalue weighted by molar-refractivity contribution is 7.81. The van der Waals surface area contributed by atoms with Gasteiger partial charge in [0.25, 0.3) is 0 Å². The lowest BCUT2D eigenvalue weighted by atomic mass is 10.1. The molecule has 0 aliphatic carbocycles. The lowest BCUT2D eigenvalue weighted by Crippen LogP contribution is -2.36. The maximum atomic E-state index is 11.7. The third-order valence-electron chi connectivity index (χ3n) is 1.61. The van der Waals surface area contributed by atoms with Crippen LogP contribution in [0.1, 0.15) is 20.3 Å². The van der Waals surface area contributed by atoms with Gasteiger partial charge in [-0.2, -0.15) is 25.8 Å². The van der Waals surface area contributed by atoms with Gasteiger partial charge in [-0.25, -0.2) is 0 Å². The zero-order valence-electron chi connectivity index (χ0n) is 8.06. The number of carbonyl (C=O) groups is 1. The van der Waals surface area contributed by atoms with Crippen molar-refractivity contribution >= 4 is 18.5 Å². The molecule has 0 aromatic heterocycles. The number of hydrogen-bond acceptors (Lipinski definition) is 2. The standard InChI is InChI=1S/C8H14F3NOS/c1-5(2)6(14)7(13)12-4-3-8(9,10)11/h5-6,14H,3-4H2,1-2H3,(H,12,13). The molecule has 0 saturated heterocycles. The van der Waals surface area contributed by atoms with Gasteiger partial charge in [-0.3, -0.25) is 4.79 Å². The Morgan fingerprint density at radius 3 is 2.29 bits per heavy atom. The largest absolute Gasteiger partial charge is 0.390 e. The lowest BCUT2D eigenvalue weighted by molar-refractivity contribution is -0.135. The van der Waals surface area contributed by atoms with E-state index >= 15 is 0 Å². The van der Waals surface area contributed by atoms with Crippen LogP contribution in [0.2, 0.25) is 0 Å². The number of carbonyl (C=O) groups excluding carboxylic acids is 1. The first kappa shape index (κ1) is 13.6. The normalized spacial score (nSPS) is 14.2. The minimum Gasteiger partial charge on any atom is -0.355 e. The first-order valence-electron chi connectivity index (χ1n) is 4.26. The Morgan fingerprint density at radius 2 is 1.93 bits per heavy atom. The molecule has 1 atom stereocenters. The molecule has 0 fully saturated rings. The van der Waals surface area contributed by atoms with Crippen LogP contribution in [0.15, 0.2) is 0 Å². The van der Waals surface area contributed by atoms with Gasteiger partial charge >= 0.3 is 6.18 Å². The fourth-order valence-corrected chi connectivity index (χ4v) is 0.826. The van der Waals surface area contributed by atoms with Gasteiger partial charge < -0.3 is 5.32 Å². The lowest BCUT2D eigenvalue weighted by Gasteiger charge is -2.14. The Balaban J connectivity index is 3.75. The van der Waals surface area contributed by atoms with E-state index in [4.69, 9.17) is 0 Å². The number of nitrogens with one attached hydrogen (secondary N) is 1. The van der Waals surface area contributed by atoms with Crippen molar-refractivity contribution in [2.24, 2.45) is 5.92 Å². The summed E-state index contributed by atoms with van der Waals surface area (Å²) in [5, 5.41) is 1.63. The molecule has 0 radical (unpaired) electrons. The predicted octanol–water partition coefficient (Wildman–Crippen LogP) is 2.01. The van der Waals surface area contributed by atoms with Crippen LogP contribution in [-0.4, -0.2) is 23.9 Å². The molecule has 0 aromatic rings. The van der Waals surface area contributed by atoms with E-state index in [2.05, 4.69) is 17.9 Å². The minimum atomic E-state index is -4.22. The summed E-state index contributed by atoms with van der Waals surface area (Å²) in [4.78, 5) is 11.1. The summed E-state index contributed by atoms with van der Waals surface area (Å²) in [5.41, 5.74) is 0. The summed E-state index contributed by atoms with van der Waals surface area (Å²) in [6.45, 7) is 3.17. The van der Waals surface area contributed by atoms with Gasteiger partial charge in [0.15, 0.2) is 0 Å². The van der Waals surface area contributed by atoms with Crippen LogP contribution in [0.25, 0.3) is 0 Å². The molecule has 0 aliphatic heterocycles. The Morgan fingerprint density at radius 1 is 1.43 bits per heavy atom. The van der Waals surface area contributed by atoms with E-state index < -0.39 is 23.8 Å². The van der Waals surface area contributed by atoms with E-state index in [9.17, 15) is 18.0 Å². The maximum Gasteiger partial charge on any atom is 0.390 e. The number of thiol groups is 1. The molecular weight excluding hydrogens is 215 g/mol. The molecule has 6 heteroatoms. The number of halogens is 3. The van der Waals surface area contributed by atoms with Crippen molar-refractivity contribution in [2.45, 2.75) is 31.7 Å². The van der Waals surface area contributed by atoms with Crippen LogP contribution < -0.4 is 5.32 Å². The van der Waals surface area contributed by atoms with Crippen molar-refractivity contribution in [3.8, 4) is 0 Å². The van der Waals surface area contributed by atoms with Crippen LogP contribution in [0.3, 0.4) is 0 Å². The average Bonchev–Trinajstić information content (AvgIpc) is 2.00. The smallest absolute Gasteiger partial charge is 0.355 e. The zero-order valence-corrected chi connectivity index (χ0v) is 8.95. The molecule has 0 aromatic carbocycles. The van der Waals surface area contributed by atoms with Crippen LogP contribution >= 0.6 is 12.6 Å². The third kappa shape index (κ3) is 6.12. The predicted molar refractivity (Wildman–Crippen MR) is 51.3 cm³/mol. The molecule has 84 valence electrons. The van der Waals surface area contributed by atoms with E-state index in [1.165, 1.54) is 0 Å². The quantitative estimate of drug-likeness (QED) is 0.709. The van der Waals surface area contributed by atoms with Gasteiger partial charge in [0.2, 0.25) is 5.91 Å². The molecule has 0 aliphatic rings. The fraction of sp³-hybridized carbons (Fsp3) is 0.875.